The molecule has 0 unspecified atom stereocenters. The number of amides is 1. The summed E-state index contributed by atoms with van der Waals surface area (Å²) in [4.78, 5) is 12.2. The van der Waals surface area contributed by atoms with Crippen molar-refractivity contribution in [2.45, 2.75) is 17.6 Å². The highest BCUT2D eigenvalue weighted by atomic mass is 35.5. The molecular weight excluding hydrogens is 278 g/mol. The van der Waals surface area contributed by atoms with Gasteiger partial charge in [0.2, 0.25) is 5.91 Å². The van der Waals surface area contributed by atoms with Gasteiger partial charge in [0.15, 0.2) is 0 Å². The quantitative estimate of drug-likeness (QED) is 0.835. The number of halogens is 1. The summed E-state index contributed by atoms with van der Waals surface area (Å²) in [5.74, 6) is 0.710. The minimum Gasteiger partial charge on any atom is -0.325 e. The van der Waals surface area contributed by atoms with E-state index in [-0.39, 0.29) is 5.91 Å². The van der Waals surface area contributed by atoms with Crippen LogP contribution in [0.2, 0.25) is 5.02 Å². The molecular formula is C15H14ClNOS. The van der Waals surface area contributed by atoms with Crippen LogP contribution in [0.5, 0.6) is 0 Å². The second-order valence-electron chi connectivity index (χ2n) is 4.06. The van der Waals surface area contributed by atoms with Gasteiger partial charge >= 0.3 is 0 Å². The predicted octanol–water partition coefficient (Wildman–Crippen LogP) is 4.59. The van der Waals surface area contributed by atoms with Gasteiger partial charge in [-0.15, -0.1) is 11.8 Å². The second kappa shape index (κ2) is 6.64. The van der Waals surface area contributed by atoms with Gasteiger partial charge < -0.3 is 5.32 Å². The molecule has 0 aliphatic heterocycles. The van der Waals surface area contributed by atoms with E-state index >= 15 is 0 Å². The number of carbonyl (C=O) groups is 1. The number of para-hydroxylation sites is 1. The van der Waals surface area contributed by atoms with Crippen LogP contribution >= 0.6 is 23.4 Å². The van der Waals surface area contributed by atoms with E-state index in [2.05, 4.69) is 5.32 Å². The average Bonchev–Trinajstić information content (AvgIpc) is 2.39. The zero-order valence-electron chi connectivity index (χ0n) is 10.5. The van der Waals surface area contributed by atoms with Crippen molar-refractivity contribution < 1.29 is 4.79 Å². The van der Waals surface area contributed by atoms with Crippen LogP contribution in [0.15, 0.2) is 53.4 Å². The van der Waals surface area contributed by atoms with E-state index in [1.54, 1.807) is 11.8 Å². The van der Waals surface area contributed by atoms with Gasteiger partial charge in [-0.2, -0.15) is 0 Å². The van der Waals surface area contributed by atoms with Crippen LogP contribution in [-0.4, -0.2) is 5.91 Å². The van der Waals surface area contributed by atoms with Crippen molar-refractivity contribution in [2.24, 2.45) is 0 Å². The largest absolute Gasteiger partial charge is 0.325 e. The summed E-state index contributed by atoms with van der Waals surface area (Å²) in [5.41, 5.74) is 1.93. The van der Waals surface area contributed by atoms with Crippen molar-refractivity contribution in [3.63, 3.8) is 0 Å². The smallest absolute Gasteiger partial charge is 0.221 e. The zero-order valence-corrected chi connectivity index (χ0v) is 12.1. The topological polar surface area (TPSA) is 29.1 Å². The van der Waals surface area contributed by atoms with Gasteiger partial charge in [-0.3, -0.25) is 4.79 Å². The van der Waals surface area contributed by atoms with Crippen LogP contribution in [0, 0.1) is 0 Å². The first-order valence-electron chi connectivity index (χ1n) is 5.89. The van der Waals surface area contributed by atoms with Crippen molar-refractivity contribution in [2.75, 3.05) is 5.32 Å². The Bertz CT molecular complexity index is 586. The summed E-state index contributed by atoms with van der Waals surface area (Å²) in [5, 5.41) is 3.60. The molecule has 0 bridgehead atoms. The van der Waals surface area contributed by atoms with Crippen molar-refractivity contribution >= 4 is 35.0 Å². The molecule has 0 saturated heterocycles. The van der Waals surface area contributed by atoms with Crippen molar-refractivity contribution in [3.8, 4) is 0 Å². The molecule has 2 aromatic carbocycles. The van der Waals surface area contributed by atoms with Crippen molar-refractivity contribution in [3.05, 3.63) is 59.1 Å². The fourth-order valence-corrected chi connectivity index (χ4v) is 2.95. The molecule has 0 heterocycles. The Morgan fingerprint density at radius 1 is 1.16 bits per heavy atom. The van der Waals surface area contributed by atoms with Crippen molar-refractivity contribution in [1.29, 1.82) is 0 Å². The lowest BCUT2D eigenvalue weighted by atomic mass is 10.2. The molecule has 0 radical (unpaired) electrons. The third-order valence-corrected chi connectivity index (χ3v) is 4.03. The molecule has 0 spiro atoms. The Labute approximate surface area is 122 Å². The fraction of sp³-hybridized carbons (Fsp3) is 0.133. The summed E-state index contributed by atoms with van der Waals surface area (Å²) in [7, 11) is 0. The molecule has 0 fully saturated rings. The molecule has 2 aromatic rings. The van der Waals surface area contributed by atoms with Gasteiger partial charge in [0, 0.05) is 22.6 Å². The van der Waals surface area contributed by atoms with E-state index in [0.717, 1.165) is 26.9 Å². The van der Waals surface area contributed by atoms with E-state index in [9.17, 15) is 4.79 Å². The number of benzene rings is 2. The maximum atomic E-state index is 11.2. The lowest BCUT2D eigenvalue weighted by Crippen LogP contribution is -2.06. The molecule has 2 nitrogen and oxygen atoms in total. The first-order valence-corrected chi connectivity index (χ1v) is 7.26. The maximum absolute atomic E-state index is 11.2. The highest BCUT2D eigenvalue weighted by Crippen LogP contribution is 2.31. The molecule has 0 aliphatic carbocycles. The second-order valence-corrected chi connectivity index (χ2v) is 5.48. The van der Waals surface area contributed by atoms with E-state index in [1.165, 1.54) is 6.92 Å². The highest BCUT2D eigenvalue weighted by molar-refractivity contribution is 7.98. The Balaban J connectivity index is 2.11. The van der Waals surface area contributed by atoms with Gasteiger partial charge in [-0.1, -0.05) is 41.9 Å². The molecule has 0 saturated carbocycles. The molecule has 4 heteroatoms. The Kier molecular flexibility index (Phi) is 4.88. The molecule has 2 rings (SSSR count). The molecule has 0 atom stereocenters. The highest BCUT2D eigenvalue weighted by Gasteiger charge is 2.05. The van der Waals surface area contributed by atoms with Gasteiger partial charge in [-0.05, 0) is 23.8 Å². The number of carbonyl (C=O) groups excluding carboxylic acids is 1. The zero-order chi connectivity index (χ0) is 13.7. The van der Waals surface area contributed by atoms with Crippen LogP contribution in [0.25, 0.3) is 0 Å². The Morgan fingerprint density at radius 3 is 2.58 bits per heavy atom. The number of anilines is 1. The summed E-state index contributed by atoms with van der Waals surface area (Å²) in [6.45, 7) is 1.51. The minimum absolute atomic E-state index is 0.0641. The molecule has 1 amide bonds. The van der Waals surface area contributed by atoms with Crippen LogP contribution in [0.4, 0.5) is 5.69 Å². The van der Waals surface area contributed by atoms with Gasteiger partial charge in [0.1, 0.15) is 0 Å². The van der Waals surface area contributed by atoms with Crippen LogP contribution in [-0.2, 0) is 10.5 Å². The predicted molar refractivity (Wildman–Crippen MR) is 81.8 cm³/mol. The number of hydrogen-bond donors (Lipinski definition) is 1. The lowest BCUT2D eigenvalue weighted by molar-refractivity contribution is -0.114. The van der Waals surface area contributed by atoms with Crippen LogP contribution in [0.3, 0.4) is 0 Å². The fourth-order valence-electron chi connectivity index (χ4n) is 1.66. The SMILES string of the molecule is CC(=O)Nc1ccccc1SCc1ccccc1Cl. The number of nitrogens with one attached hydrogen (secondary N) is 1. The molecule has 0 aromatic heterocycles. The molecule has 98 valence electrons. The molecule has 1 N–H and O–H groups in total. The van der Waals surface area contributed by atoms with E-state index in [1.807, 2.05) is 48.5 Å². The number of rotatable bonds is 4. The first-order chi connectivity index (χ1) is 9.16. The maximum Gasteiger partial charge on any atom is 0.221 e. The molecule has 19 heavy (non-hydrogen) atoms. The van der Waals surface area contributed by atoms with Gasteiger partial charge in [-0.25, -0.2) is 0 Å². The van der Waals surface area contributed by atoms with Crippen LogP contribution in [0.1, 0.15) is 12.5 Å². The van der Waals surface area contributed by atoms with E-state index < -0.39 is 0 Å². The molecule has 0 aliphatic rings. The van der Waals surface area contributed by atoms with Gasteiger partial charge in [0.25, 0.3) is 0 Å². The monoisotopic (exact) mass is 291 g/mol. The van der Waals surface area contributed by atoms with Gasteiger partial charge in [0.05, 0.1) is 5.69 Å². The summed E-state index contributed by atoms with van der Waals surface area (Å²) in [6, 6.07) is 15.5. The van der Waals surface area contributed by atoms with E-state index in [0.29, 0.717) is 0 Å². The third-order valence-electron chi connectivity index (χ3n) is 2.54. The summed E-state index contributed by atoms with van der Waals surface area (Å²) in [6.07, 6.45) is 0. The normalized spacial score (nSPS) is 10.2. The van der Waals surface area contributed by atoms with E-state index in [4.69, 9.17) is 11.6 Å². The lowest BCUT2D eigenvalue weighted by Gasteiger charge is -2.09. The standard InChI is InChI=1S/C15H14ClNOS/c1-11(18)17-14-8-4-5-9-15(14)19-10-12-6-2-3-7-13(12)16/h2-9H,10H2,1H3,(H,17,18). The van der Waals surface area contributed by atoms with Crippen molar-refractivity contribution in [1.82, 2.24) is 0 Å². The number of hydrogen-bond acceptors (Lipinski definition) is 2. The Morgan fingerprint density at radius 2 is 1.84 bits per heavy atom. The third kappa shape index (κ3) is 4.01. The average molecular weight is 292 g/mol. The first kappa shape index (κ1) is 14.0. The Hall–Kier alpha value is -1.45. The number of thioether (sulfide) groups is 1. The minimum atomic E-state index is -0.0641. The summed E-state index contributed by atoms with van der Waals surface area (Å²) < 4.78 is 0. The van der Waals surface area contributed by atoms with Crippen LogP contribution < -0.4 is 5.32 Å². The summed E-state index contributed by atoms with van der Waals surface area (Å²) >= 11 is 7.79.